The SMILES string of the molecule is CC(=O)O[C@H]1CC=C(C)[C@@H]2CC3=C(C)C(=O)O/C3=C/[C@@](C)(O)CC[C@H](OC(=O)CC(C)C)[C@@]12C. The van der Waals surface area contributed by atoms with Crippen LogP contribution < -0.4 is 0 Å². The molecule has 0 bridgehead atoms. The number of allylic oxidation sites excluding steroid dienone is 2. The van der Waals surface area contributed by atoms with E-state index in [0.29, 0.717) is 30.6 Å². The Morgan fingerprint density at radius 1 is 1.21 bits per heavy atom. The lowest BCUT2D eigenvalue weighted by Gasteiger charge is -2.50. The largest absolute Gasteiger partial charge is 0.462 e. The average Bonchev–Trinajstić information content (AvgIpc) is 2.95. The van der Waals surface area contributed by atoms with Crippen molar-refractivity contribution in [3.63, 3.8) is 0 Å². The summed E-state index contributed by atoms with van der Waals surface area (Å²) >= 11 is 0. The van der Waals surface area contributed by atoms with Gasteiger partial charge in [-0.2, -0.15) is 0 Å². The summed E-state index contributed by atoms with van der Waals surface area (Å²) in [5.74, 6) is -0.787. The van der Waals surface area contributed by atoms with Crippen molar-refractivity contribution in [2.75, 3.05) is 0 Å². The molecule has 7 heteroatoms. The molecule has 5 atom stereocenters. The number of aliphatic hydroxyl groups is 1. The first-order chi connectivity index (χ1) is 15.7. The van der Waals surface area contributed by atoms with Gasteiger partial charge >= 0.3 is 17.9 Å². The van der Waals surface area contributed by atoms with Gasteiger partial charge in [0.1, 0.15) is 18.0 Å². The minimum Gasteiger partial charge on any atom is -0.462 e. The minimum atomic E-state index is -1.28. The summed E-state index contributed by atoms with van der Waals surface area (Å²) in [4.78, 5) is 37.4. The molecule has 0 aromatic rings. The Morgan fingerprint density at radius 3 is 2.50 bits per heavy atom. The highest BCUT2D eigenvalue weighted by atomic mass is 16.6. The summed E-state index contributed by atoms with van der Waals surface area (Å²) in [5.41, 5.74) is 0.261. The molecule has 0 aromatic heterocycles. The van der Waals surface area contributed by atoms with Crippen molar-refractivity contribution in [1.29, 1.82) is 0 Å². The van der Waals surface area contributed by atoms with E-state index in [-0.39, 0.29) is 30.6 Å². The molecule has 0 aromatic carbocycles. The van der Waals surface area contributed by atoms with E-state index in [2.05, 4.69) is 6.08 Å². The van der Waals surface area contributed by atoms with Gasteiger partial charge in [-0.15, -0.1) is 0 Å². The average molecular weight is 475 g/mol. The second-order valence-electron chi connectivity index (χ2n) is 10.9. The van der Waals surface area contributed by atoms with Crippen molar-refractivity contribution in [3.8, 4) is 0 Å². The van der Waals surface area contributed by atoms with Crippen LogP contribution in [0.25, 0.3) is 0 Å². The summed E-state index contributed by atoms with van der Waals surface area (Å²) in [7, 11) is 0. The first-order valence-electron chi connectivity index (χ1n) is 12.2. The van der Waals surface area contributed by atoms with Crippen molar-refractivity contribution in [2.24, 2.45) is 17.3 Å². The second kappa shape index (κ2) is 9.68. The predicted molar refractivity (Wildman–Crippen MR) is 126 cm³/mol. The molecular weight excluding hydrogens is 436 g/mol. The van der Waals surface area contributed by atoms with Gasteiger partial charge in [-0.25, -0.2) is 4.79 Å². The third kappa shape index (κ3) is 5.29. The van der Waals surface area contributed by atoms with Crippen LogP contribution in [0, 0.1) is 17.3 Å². The van der Waals surface area contributed by atoms with E-state index in [0.717, 1.165) is 11.1 Å². The fourth-order valence-electron chi connectivity index (χ4n) is 5.53. The van der Waals surface area contributed by atoms with Gasteiger partial charge in [0.05, 0.1) is 5.60 Å². The molecule has 2 aliphatic carbocycles. The summed E-state index contributed by atoms with van der Waals surface area (Å²) in [5, 5.41) is 11.1. The van der Waals surface area contributed by atoms with Crippen LogP contribution in [0.2, 0.25) is 0 Å². The molecule has 34 heavy (non-hydrogen) atoms. The molecule has 0 saturated carbocycles. The highest BCUT2D eigenvalue weighted by Crippen LogP contribution is 2.52. The number of fused-ring (bicyclic) bond motifs is 2. The highest BCUT2D eigenvalue weighted by molar-refractivity contribution is 5.94. The number of hydrogen-bond donors (Lipinski definition) is 1. The normalized spacial score (nSPS) is 35.4. The summed E-state index contributed by atoms with van der Waals surface area (Å²) < 4.78 is 17.5. The zero-order valence-electron chi connectivity index (χ0n) is 21.4. The first-order valence-corrected chi connectivity index (χ1v) is 12.2. The van der Waals surface area contributed by atoms with Gasteiger partial charge in [0.15, 0.2) is 0 Å². The van der Waals surface area contributed by atoms with Gasteiger partial charge in [0.25, 0.3) is 0 Å². The number of hydrogen-bond acceptors (Lipinski definition) is 7. The van der Waals surface area contributed by atoms with Gasteiger partial charge in [-0.05, 0) is 57.9 Å². The standard InChI is InChI=1S/C27H38O7/c1-15(2)12-24(29)34-23-10-11-26(6,31)14-21-19(17(4)25(30)33-21)13-20-16(3)8-9-22(27(20,23)7)32-18(5)28/h8,14-15,20,22-23,31H,9-13H2,1-7H3/b21-14+/t20-,22-,23-,26-,27+/m0/s1. The van der Waals surface area contributed by atoms with Crippen molar-refractivity contribution >= 4 is 17.9 Å². The highest BCUT2D eigenvalue weighted by Gasteiger charge is 2.54. The number of rotatable bonds is 4. The Hall–Kier alpha value is -2.41. The van der Waals surface area contributed by atoms with Crippen LogP contribution in [0.15, 0.2) is 34.6 Å². The molecule has 0 spiro atoms. The van der Waals surface area contributed by atoms with E-state index < -0.39 is 35.2 Å². The Bertz CT molecular complexity index is 952. The van der Waals surface area contributed by atoms with Crippen LogP contribution in [0.4, 0.5) is 0 Å². The number of carbonyl (C=O) groups is 3. The molecular formula is C27H38O7. The number of ether oxygens (including phenoxy) is 3. The Kier molecular flexibility index (Phi) is 7.46. The zero-order chi connectivity index (χ0) is 25.4. The van der Waals surface area contributed by atoms with Crippen LogP contribution in [-0.4, -0.2) is 40.8 Å². The van der Waals surface area contributed by atoms with Gasteiger partial charge in [0.2, 0.25) is 0 Å². The monoisotopic (exact) mass is 474 g/mol. The molecule has 0 saturated heterocycles. The molecule has 0 unspecified atom stereocenters. The number of carbonyl (C=O) groups excluding carboxylic acids is 3. The van der Waals surface area contributed by atoms with Crippen molar-refractivity contribution < 1.29 is 33.7 Å². The molecule has 3 rings (SSSR count). The molecule has 1 aliphatic heterocycles. The molecule has 1 N–H and O–H groups in total. The van der Waals surface area contributed by atoms with Crippen LogP contribution in [0.1, 0.15) is 80.6 Å². The van der Waals surface area contributed by atoms with Gasteiger partial charge in [0, 0.05) is 36.3 Å². The van der Waals surface area contributed by atoms with Crippen molar-refractivity contribution in [1.82, 2.24) is 0 Å². The third-order valence-corrected chi connectivity index (χ3v) is 7.52. The molecule has 1 heterocycles. The fraction of sp³-hybridized carbons (Fsp3) is 0.667. The van der Waals surface area contributed by atoms with Crippen molar-refractivity contribution in [3.05, 3.63) is 34.6 Å². The fourth-order valence-corrected chi connectivity index (χ4v) is 5.53. The maximum Gasteiger partial charge on any atom is 0.339 e. The maximum atomic E-state index is 12.8. The summed E-state index contributed by atoms with van der Waals surface area (Å²) in [6.45, 7) is 12.7. The molecule has 0 fully saturated rings. The molecule has 0 amide bonds. The topological polar surface area (TPSA) is 99.1 Å². The Balaban J connectivity index is 2.17. The van der Waals surface area contributed by atoms with Gasteiger partial charge < -0.3 is 19.3 Å². The molecule has 0 radical (unpaired) electrons. The van der Waals surface area contributed by atoms with Crippen molar-refractivity contribution in [2.45, 2.75) is 98.4 Å². The van der Waals surface area contributed by atoms with E-state index in [1.807, 2.05) is 27.7 Å². The Morgan fingerprint density at radius 2 is 1.88 bits per heavy atom. The van der Waals surface area contributed by atoms with E-state index in [1.165, 1.54) is 6.92 Å². The van der Waals surface area contributed by atoms with E-state index in [1.54, 1.807) is 19.9 Å². The minimum absolute atomic E-state index is 0.135. The first kappa shape index (κ1) is 26.2. The van der Waals surface area contributed by atoms with E-state index in [4.69, 9.17) is 14.2 Å². The van der Waals surface area contributed by atoms with Crippen LogP contribution in [0.3, 0.4) is 0 Å². The van der Waals surface area contributed by atoms with Gasteiger partial charge in [-0.3, -0.25) is 9.59 Å². The second-order valence-corrected chi connectivity index (χ2v) is 10.9. The lowest BCUT2D eigenvalue weighted by molar-refractivity contribution is -0.181. The quantitative estimate of drug-likeness (QED) is 0.363. The number of esters is 3. The predicted octanol–water partition coefficient (Wildman–Crippen LogP) is 4.54. The summed E-state index contributed by atoms with van der Waals surface area (Å²) in [6, 6.07) is 0. The Labute approximate surface area is 202 Å². The lowest BCUT2D eigenvalue weighted by Crippen LogP contribution is -2.54. The van der Waals surface area contributed by atoms with Crippen LogP contribution in [0.5, 0.6) is 0 Å². The van der Waals surface area contributed by atoms with Crippen LogP contribution in [-0.2, 0) is 28.6 Å². The van der Waals surface area contributed by atoms with Crippen LogP contribution >= 0.6 is 0 Å². The van der Waals surface area contributed by atoms with E-state index >= 15 is 0 Å². The molecule has 7 nitrogen and oxygen atoms in total. The van der Waals surface area contributed by atoms with E-state index in [9.17, 15) is 19.5 Å². The van der Waals surface area contributed by atoms with Gasteiger partial charge in [-0.1, -0.05) is 32.4 Å². The molecule has 3 aliphatic rings. The smallest absolute Gasteiger partial charge is 0.339 e. The summed E-state index contributed by atoms with van der Waals surface area (Å²) in [6.07, 6.45) is 4.39. The third-order valence-electron chi connectivity index (χ3n) is 7.52. The zero-order valence-corrected chi connectivity index (χ0v) is 21.4. The maximum absolute atomic E-state index is 12.8. The lowest BCUT2D eigenvalue weighted by atomic mass is 9.59. The molecule has 188 valence electrons.